The molecule has 176 valence electrons. The zero-order valence-corrected chi connectivity index (χ0v) is 22.0. The Labute approximate surface area is 208 Å². The van der Waals surface area contributed by atoms with E-state index in [1.807, 2.05) is 36.4 Å². The second kappa shape index (κ2) is 12.4. The van der Waals surface area contributed by atoms with Crippen LogP contribution in [-0.2, 0) is 23.1 Å². The van der Waals surface area contributed by atoms with E-state index in [2.05, 4.69) is 22.5 Å². The summed E-state index contributed by atoms with van der Waals surface area (Å²) in [6.45, 7) is 4.48. The zero-order chi connectivity index (χ0) is 22.3. The van der Waals surface area contributed by atoms with Gasteiger partial charge in [0.1, 0.15) is 5.75 Å². The molecule has 2 aromatic carbocycles. The van der Waals surface area contributed by atoms with E-state index in [1.165, 1.54) is 0 Å². The van der Waals surface area contributed by atoms with Gasteiger partial charge in [-0.25, -0.2) is 8.42 Å². The molecule has 1 unspecified atom stereocenters. The van der Waals surface area contributed by atoms with Crippen LogP contribution in [0.25, 0.3) is 0 Å². The van der Waals surface area contributed by atoms with Crippen LogP contribution in [0.3, 0.4) is 0 Å². The number of methoxy groups -OCH3 is 1. The van der Waals surface area contributed by atoms with E-state index in [0.717, 1.165) is 29.7 Å². The molecule has 0 amide bonds. The van der Waals surface area contributed by atoms with Crippen LogP contribution in [0, 0.1) is 5.92 Å². The van der Waals surface area contributed by atoms with Crippen LogP contribution < -0.4 is 15.4 Å². The fraction of sp³-hybridized carbons (Fsp3) is 0.435. The summed E-state index contributed by atoms with van der Waals surface area (Å²) in [5, 5.41) is 6.53. The molecule has 7 nitrogen and oxygen atoms in total. The lowest BCUT2D eigenvalue weighted by molar-refractivity contribution is 0.281. The van der Waals surface area contributed by atoms with Crippen molar-refractivity contribution in [2.75, 3.05) is 27.2 Å². The second-order valence-electron chi connectivity index (χ2n) is 7.88. The van der Waals surface area contributed by atoms with Crippen molar-refractivity contribution in [3.05, 3.63) is 59.7 Å². The molecule has 3 rings (SSSR count). The highest BCUT2D eigenvalue weighted by Crippen LogP contribution is 2.23. The Morgan fingerprint density at radius 1 is 1.06 bits per heavy atom. The zero-order valence-electron chi connectivity index (χ0n) is 18.9. The van der Waals surface area contributed by atoms with Crippen molar-refractivity contribution < 1.29 is 13.2 Å². The lowest BCUT2D eigenvalue weighted by atomic mass is 10.0. The molecule has 0 bridgehead atoms. The maximum Gasteiger partial charge on any atom is 0.243 e. The van der Waals surface area contributed by atoms with Crippen LogP contribution in [0.2, 0.25) is 0 Å². The molecule has 0 radical (unpaired) electrons. The molecule has 1 aliphatic rings. The maximum absolute atomic E-state index is 12.9. The quantitative estimate of drug-likeness (QED) is 0.301. The molecule has 32 heavy (non-hydrogen) atoms. The Morgan fingerprint density at radius 3 is 2.12 bits per heavy atom. The number of piperidine rings is 1. The van der Waals surface area contributed by atoms with E-state index < -0.39 is 10.0 Å². The minimum atomic E-state index is -3.42. The van der Waals surface area contributed by atoms with E-state index in [0.29, 0.717) is 43.0 Å². The molecule has 0 spiro atoms. The van der Waals surface area contributed by atoms with Gasteiger partial charge in [0.15, 0.2) is 5.96 Å². The summed E-state index contributed by atoms with van der Waals surface area (Å²) in [6, 6.07) is 14.9. The number of guanidine groups is 1. The van der Waals surface area contributed by atoms with Crippen molar-refractivity contribution in [3.63, 3.8) is 0 Å². The predicted molar refractivity (Wildman–Crippen MR) is 139 cm³/mol. The Bertz CT molecular complexity index is 979. The fourth-order valence-corrected chi connectivity index (χ4v) is 5.23. The Morgan fingerprint density at radius 2 is 1.62 bits per heavy atom. The van der Waals surface area contributed by atoms with E-state index >= 15 is 0 Å². The van der Waals surface area contributed by atoms with Crippen LogP contribution in [0.4, 0.5) is 0 Å². The van der Waals surface area contributed by atoms with E-state index in [4.69, 9.17) is 4.74 Å². The SMILES string of the molecule is CN=C(NCc1ccc(OC)cc1)NCc1ccc(S(=O)(=O)N2CCCC(C)C2)cc1.I. The van der Waals surface area contributed by atoms with Crippen LogP contribution in [-0.4, -0.2) is 45.9 Å². The molecule has 2 N–H and O–H groups in total. The molecular weight excluding hydrogens is 539 g/mol. The molecule has 9 heteroatoms. The third-order valence-electron chi connectivity index (χ3n) is 5.48. The van der Waals surface area contributed by atoms with Crippen LogP contribution in [0.15, 0.2) is 58.4 Å². The second-order valence-corrected chi connectivity index (χ2v) is 9.82. The van der Waals surface area contributed by atoms with Gasteiger partial charge in [-0.3, -0.25) is 4.99 Å². The van der Waals surface area contributed by atoms with Crippen molar-refractivity contribution in [2.45, 2.75) is 37.8 Å². The van der Waals surface area contributed by atoms with Gasteiger partial charge < -0.3 is 15.4 Å². The number of aliphatic imine (C=N–C) groups is 1. The van der Waals surface area contributed by atoms with E-state index in [1.54, 1.807) is 30.6 Å². The predicted octanol–water partition coefficient (Wildman–Crippen LogP) is 3.60. The number of hydrogen-bond donors (Lipinski definition) is 2. The van der Waals surface area contributed by atoms with Crippen molar-refractivity contribution in [1.82, 2.24) is 14.9 Å². The number of nitrogens with zero attached hydrogens (tertiary/aromatic N) is 2. The van der Waals surface area contributed by atoms with Gasteiger partial charge >= 0.3 is 0 Å². The van der Waals surface area contributed by atoms with E-state index in [-0.39, 0.29) is 24.0 Å². The minimum Gasteiger partial charge on any atom is -0.497 e. The van der Waals surface area contributed by atoms with Crippen LogP contribution in [0.1, 0.15) is 30.9 Å². The first-order valence-electron chi connectivity index (χ1n) is 10.6. The molecule has 1 aliphatic heterocycles. The summed E-state index contributed by atoms with van der Waals surface area (Å²) in [6.07, 6.45) is 2.01. The normalized spacial score (nSPS) is 17.3. The number of halogens is 1. The molecule has 2 aromatic rings. The van der Waals surface area contributed by atoms with Gasteiger partial charge in [0.25, 0.3) is 0 Å². The van der Waals surface area contributed by atoms with Crippen molar-refractivity contribution in [2.24, 2.45) is 10.9 Å². The fourth-order valence-electron chi connectivity index (χ4n) is 3.63. The largest absolute Gasteiger partial charge is 0.497 e. The van der Waals surface area contributed by atoms with Gasteiger partial charge in [-0.2, -0.15) is 4.31 Å². The monoisotopic (exact) mass is 572 g/mol. The Balaban J connectivity index is 0.00000363. The summed E-state index contributed by atoms with van der Waals surface area (Å²) < 4.78 is 32.6. The lowest BCUT2D eigenvalue weighted by Crippen LogP contribution is -2.39. The smallest absolute Gasteiger partial charge is 0.243 e. The van der Waals surface area contributed by atoms with Crippen molar-refractivity contribution in [3.8, 4) is 5.75 Å². The molecule has 1 atom stereocenters. The summed E-state index contributed by atoms with van der Waals surface area (Å²) >= 11 is 0. The van der Waals surface area contributed by atoms with Crippen molar-refractivity contribution in [1.29, 1.82) is 0 Å². The average Bonchev–Trinajstić information content (AvgIpc) is 2.80. The Kier molecular flexibility index (Phi) is 10.2. The molecule has 0 aliphatic carbocycles. The van der Waals surface area contributed by atoms with E-state index in [9.17, 15) is 8.42 Å². The van der Waals surface area contributed by atoms with Crippen LogP contribution >= 0.6 is 24.0 Å². The van der Waals surface area contributed by atoms with Gasteiger partial charge in [-0.15, -0.1) is 24.0 Å². The van der Waals surface area contributed by atoms with Gasteiger partial charge in [-0.1, -0.05) is 31.2 Å². The molecular formula is C23H33IN4O3S. The third kappa shape index (κ3) is 7.08. The van der Waals surface area contributed by atoms with Crippen molar-refractivity contribution >= 4 is 40.0 Å². The lowest BCUT2D eigenvalue weighted by Gasteiger charge is -2.30. The average molecular weight is 573 g/mol. The highest BCUT2D eigenvalue weighted by Gasteiger charge is 2.28. The number of hydrogen-bond acceptors (Lipinski definition) is 4. The van der Waals surface area contributed by atoms with Gasteiger partial charge in [0, 0.05) is 33.2 Å². The summed E-state index contributed by atoms with van der Waals surface area (Å²) in [4.78, 5) is 4.60. The first kappa shape index (κ1) is 26.4. The number of benzene rings is 2. The number of sulfonamides is 1. The molecule has 1 heterocycles. The highest BCUT2D eigenvalue weighted by atomic mass is 127. The Hall–Kier alpha value is -1.85. The highest BCUT2D eigenvalue weighted by molar-refractivity contribution is 14.0. The first-order chi connectivity index (χ1) is 14.9. The third-order valence-corrected chi connectivity index (χ3v) is 7.36. The number of ether oxygens (including phenoxy) is 1. The maximum atomic E-state index is 12.9. The summed E-state index contributed by atoms with van der Waals surface area (Å²) in [5.41, 5.74) is 2.10. The van der Waals surface area contributed by atoms with Crippen LogP contribution in [0.5, 0.6) is 5.75 Å². The van der Waals surface area contributed by atoms with Gasteiger partial charge in [-0.05, 0) is 54.2 Å². The standard InChI is InChI=1S/C23H32N4O3S.HI/c1-18-5-4-14-27(17-18)31(28,29)22-12-8-20(9-13-22)16-26-23(24-2)25-15-19-6-10-21(30-3)11-7-19;/h6-13,18H,4-5,14-17H2,1-3H3,(H2,24,25,26);1H. The number of rotatable bonds is 7. The molecule has 0 aromatic heterocycles. The van der Waals surface area contributed by atoms with Gasteiger partial charge in [0.2, 0.25) is 10.0 Å². The molecule has 1 saturated heterocycles. The minimum absolute atomic E-state index is 0. The summed E-state index contributed by atoms with van der Waals surface area (Å²) in [7, 11) is -0.0553. The molecule has 0 saturated carbocycles. The summed E-state index contributed by atoms with van der Waals surface area (Å²) in [5.74, 6) is 1.91. The topological polar surface area (TPSA) is 83.0 Å². The van der Waals surface area contributed by atoms with Gasteiger partial charge in [0.05, 0.1) is 12.0 Å². The molecule has 1 fully saturated rings. The number of nitrogens with one attached hydrogen (secondary N) is 2. The first-order valence-corrected chi connectivity index (χ1v) is 12.0.